The molecule has 2 nitrogen and oxygen atoms in total. The largest absolute Gasteiger partial charge is 0.481 e. The Hall–Kier alpha value is -2.09. The second-order valence-electron chi connectivity index (χ2n) is 5.33. The second kappa shape index (κ2) is 6.90. The van der Waals surface area contributed by atoms with E-state index in [1.165, 1.54) is 5.56 Å². The molecule has 0 saturated heterocycles. The summed E-state index contributed by atoms with van der Waals surface area (Å²) >= 11 is 0. The molecule has 20 heavy (non-hydrogen) atoms. The molecule has 0 heterocycles. The summed E-state index contributed by atoms with van der Waals surface area (Å²) < 4.78 is 0. The van der Waals surface area contributed by atoms with Crippen LogP contribution in [-0.2, 0) is 11.2 Å². The van der Waals surface area contributed by atoms with Crippen LogP contribution in [0.5, 0.6) is 0 Å². The van der Waals surface area contributed by atoms with Crippen molar-refractivity contribution >= 4 is 5.97 Å². The lowest BCUT2D eigenvalue weighted by atomic mass is 9.86. The molecule has 0 radical (unpaired) electrons. The van der Waals surface area contributed by atoms with E-state index in [1.807, 2.05) is 48.5 Å². The molecule has 2 rings (SSSR count). The van der Waals surface area contributed by atoms with Gasteiger partial charge in [-0.3, -0.25) is 4.79 Å². The summed E-state index contributed by atoms with van der Waals surface area (Å²) in [4.78, 5) is 11.5. The highest BCUT2D eigenvalue weighted by Gasteiger charge is 2.22. The fourth-order valence-corrected chi connectivity index (χ4v) is 2.57. The van der Waals surface area contributed by atoms with Crippen LogP contribution in [0.4, 0.5) is 0 Å². The van der Waals surface area contributed by atoms with Crippen LogP contribution in [0.25, 0.3) is 0 Å². The quantitative estimate of drug-likeness (QED) is 0.855. The maximum atomic E-state index is 11.5. The van der Waals surface area contributed by atoms with Crippen molar-refractivity contribution in [3.8, 4) is 0 Å². The lowest BCUT2D eigenvalue weighted by Gasteiger charge is -2.18. The van der Waals surface area contributed by atoms with Crippen LogP contribution in [-0.4, -0.2) is 11.1 Å². The van der Waals surface area contributed by atoms with Crippen LogP contribution in [0.3, 0.4) is 0 Å². The molecule has 2 aromatic rings. The van der Waals surface area contributed by atoms with E-state index in [1.54, 1.807) is 0 Å². The number of carboxylic acids is 1. The van der Waals surface area contributed by atoms with Crippen molar-refractivity contribution in [1.29, 1.82) is 0 Å². The minimum Gasteiger partial charge on any atom is -0.481 e. The summed E-state index contributed by atoms with van der Waals surface area (Å²) in [7, 11) is 0. The minimum absolute atomic E-state index is 0.332. The van der Waals surface area contributed by atoms with Gasteiger partial charge >= 0.3 is 5.97 Å². The van der Waals surface area contributed by atoms with Crippen molar-refractivity contribution in [3.05, 3.63) is 71.8 Å². The first-order valence-electron chi connectivity index (χ1n) is 6.98. The van der Waals surface area contributed by atoms with E-state index < -0.39 is 11.9 Å². The maximum Gasteiger partial charge on any atom is 0.310 e. The van der Waals surface area contributed by atoms with E-state index in [0.717, 1.165) is 12.0 Å². The van der Waals surface area contributed by atoms with Gasteiger partial charge in [-0.05, 0) is 29.9 Å². The molecule has 2 unspecified atom stereocenters. The number of carboxylic acid groups (broad SMARTS) is 1. The molecule has 2 heteroatoms. The SMILES string of the molecule is CC(Cc1ccccc1)CC(C(=O)O)c1ccccc1. The van der Waals surface area contributed by atoms with Crippen molar-refractivity contribution in [2.75, 3.05) is 0 Å². The summed E-state index contributed by atoms with van der Waals surface area (Å²) in [5.41, 5.74) is 2.15. The van der Waals surface area contributed by atoms with Crippen LogP contribution >= 0.6 is 0 Å². The third-order valence-electron chi connectivity index (χ3n) is 3.57. The fourth-order valence-electron chi connectivity index (χ4n) is 2.57. The lowest BCUT2D eigenvalue weighted by molar-refractivity contribution is -0.139. The summed E-state index contributed by atoms with van der Waals surface area (Å²) in [6, 6.07) is 19.7. The molecular weight excluding hydrogens is 248 g/mol. The minimum atomic E-state index is -0.740. The van der Waals surface area contributed by atoms with Crippen molar-refractivity contribution < 1.29 is 9.90 Å². The van der Waals surface area contributed by atoms with Gasteiger partial charge in [-0.2, -0.15) is 0 Å². The van der Waals surface area contributed by atoms with Crippen LogP contribution < -0.4 is 0 Å². The van der Waals surface area contributed by atoms with Crippen LogP contribution in [0.15, 0.2) is 60.7 Å². The summed E-state index contributed by atoms with van der Waals surface area (Å²) in [6.45, 7) is 2.12. The molecule has 0 amide bonds. The normalized spacial score (nSPS) is 13.7. The molecule has 104 valence electrons. The van der Waals surface area contributed by atoms with E-state index in [-0.39, 0.29) is 0 Å². The molecule has 2 atom stereocenters. The van der Waals surface area contributed by atoms with Crippen molar-refractivity contribution in [2.24, 2.45) is 5.92 Å². The van der Waals surface area contributed by atoms with Crippen LogP contribution in [0.1, 0.15) is 30.4 Å². The first-order valence-corrected chi connectivity index (χ1v) is 6.98. The zero-order valence-electron chi connectivity index (χ0n) is 11.7. The topological polar surface area (TPSA) is 37.3 Å². The molecule has 0 fully saturated rings. The van der Waals surface area contributed by atoms with Gasteiger partial charge in [0.15, 0.2) is 0 Å². The van der Waals surface area contributed by atoms with Crippen LogP contribution in [0.2, 0.25) is 0 Å². The maximum absolute atomic E-state index is 11.5. The highest BCUT2D eigenvalue weighted by Crippen LogP contribution is 2.26. The van der Waals surface area contributed by atoms with Gasteiger partial charge in [-0.25, -0.2) is 0 Å². The molecule has 0 bridgehead atoms. The predicted molar refractivity (Wildman–Crippen MR) is 80.7 cm³/mol. The van der Waals surface area contributed by atoms with Crippen molar-refractivity contribution in [2.45, 2.75) is 25.7 Å². The number of hydrogen-bond donors (Lipinski definition) is 1. The van der Waals surface area contributed by atoms with Gasteiger partial charge in [-0.1, -0.05) is 67.6 Å². The van der Waals surface area contributed by atoms with Crippen molar-refractivity contribution in [1.82, 2.24) is 0 Å². The van der Waals surface area contributed by atoms with Crippen molar-refractivity contribution in [3.63, 3.8) is 0 Å². The number of hydrogen-bond acceptors (Lipinski definition) is 1. The van der Waals surface area contributed by atoms with Gasteiger partial charge in [0, 0.05) is 0 Å². The van der Waals surface area contributed by atoms with E-state index in [9.17, 15) is 9.90 Å². The first-order chi connectivity index (χ1) is 9.66. The summed E-state index contributed by atoms with van der Waals surface area (Å²) in [5.74, 6) is -0.829. The average molecular weight is 268 g/mol. The zero-order valence-corrected chi connectivity index (χ0v) is 11.7. The van der Waals surface area contributed by atoms with E-state index in [0.29, 0.717) is 12.3 Å². The predicted octanol–water partition coefficient (Wildman–Crippen LogP) is 4.12. The Labute approximate surface area is 120 Å². The van der Waals surface area contributed by atoms with Gasteiger partial charge in [0.1, 0.15) is 0 Å². The number of benzene rings is 2. The van der Waals surface area contributed by atoms with E-state index in [2.05, 4.69) is 19.1 Å². The number of carbonyl (C=O) groups is 1. The Morgan fingerprint density at radius 1 is 1.00 bits per heavy atom. The summed E-state index contributed by atoms with van der Waals surface area (Å²) in [5, 5.41) is 9.44. The molecule has 1 N–H and O–H groups in total. The third-order valence-corrected chi connectivity index (χ3v) is 3.57. The van der Waals surface area contributed by atoms with E-state index in [4.69, 9.17) is 0 Å². The Balaban J connectivity index is 2.04. The smallest absolute Gasteiger partial charge is 0.310 e. The van der Waals surface area contributed by atoms with Crippen LogP contribution in [0, 0.1) is 5.92 Å². The zero-order chi connectivity index (χ0) is 14.4. The number of aliphatic carboxylic acids is 1. The van der Waals surface area contributed by atoms with Gasteiger partial charge in [0.25, 0.3) is 0 Å². The Kier molecular flexibility index (Phi) is 4.94. The highest BCUT2D eigenvalue weighted by molar-refractivity contribution is 5.76. The molecule has 0 aliphatic rings. The molecule has 0 saturated carbocycles. The Bertz CT molecular complexity index is 534. The molecule has 0 aromatic heterocycles. The Morgan fingerprint density at radius 2 is 1.55 bits per heavy atom. The molecule has 2 aromatic carbocycles. The fraction of sp³-hybridized carbons (Fsp3) is 0.278. The standard InChI is InChI=1S/C18H20O2/c1-14(12-15-8-4-2-5-9-15)13-17(18(19)20)16-10-6-3-7-11-16/h2-11,14,17H,12-13H2,1H3,(H,19,20). The monoisotopic (exact) mass is 268 g/mol. The average Bonchev–Trinajstić information content (AvgIpc) is 2.46. The summed E-state index contributed by atoms with van der Waals surface area (Å²) in [6.07, 6.45) is 1.58. The molecule has 0 aliphatic heterocycles. The molecular formula is C18H20O2. The van der Waals surface area contributed by atoms with Gasteiger partial charge in [0.2, 0.25) is 0 Å². The van der Waals surface area contributed by atoms with Gasteiger partial charge in [0.05, 0.1) is 5.92 Å². The highest BCUT2D eigenvalue weighted by atomic mass is 16.4. The number of rotatable bonds is 6. The first kappa shape index (κ1) is 14.3. The Morgan fingerprint density at radius 3 is 2.10 bits per heavy atom. The van der Waals surface area contributed by atoms with Gasteiger partial charge < -0.3 is 5.11 Å². The third kappa shape index (κ3) is 3.95. The second-order valence-corrected chi connectivity index (χ2v) is 5.33. The lowest BCUT2D eigenvalue weighted by Crippen LogP contribution is -2.16. The van der Waals surface area contributed by atoms with Gasteiger partial charge in [-0.15, -0.1) is 0 Å². The molecule has 0 aliphatic carbocycles. The molecule has 0 spiro atoms. The van der Waals surface area contributed by atoms with E-state index >= 15 is 0 Å².